The highest BCUT2D eigenvalue weighted by Gasteiger charge is 2.59. The Hall–Kier alpha value is -1.95. The van der Waals surface area contributed by atoms with Gasteiger partial charge >= 0.3 is 7.82 Å². The van der Waals surface area contributed by atoms with E-state index in [-0.39, 0.29) is 18.9 Å². The third-order valence-corrected chi connectivity index (χ3v) is 7.04. The molecule has 0 radical (unpaired) electrons. The maximum Gasteiger partial charge on any atom is 0.469 e. The molecule has 10 heteroatoms. The van der Waals surface area contributed by atoms with Crippen LogP contribution in [-0.4, -0.2) is 51.1 Å². The summed E-state index contributed by atoms with van der Waals surface area (Å²) < 4.78 is 28.7. The molecule has 1 saturated heterocycles. The Balaban J connectivity index is 2.01. The quantitative estimate of drug-likeness (QED) is 0.558. The van der Waals surface area contributed by atoms with Gasteiger partial charge in [0, 0.05) is 18.5 Å². The lowest BCUT2D eigenvalue weighted by Crippen LogP contribution is -2.65. The van der Waals surface area contributed by atoms with E-state index in [2.05, 4.69) is 6.07 Å². The van der Waals surface area contributed by atoms with E-state index in [1.54, 1.807) is 25.1 Å². The van der Waals surface area contributed by atoms with E-state index < -0.39 is 31.2 Å². The number of likely N-dealkylation sites (tertiary alicyclic amines) is 1. The van der Waals surface area contributed by atoms with Gasteiger partial charge in [0.1, 0.15) is 17.0 Å². The number of phosphoric acid groups is 1. The van der Waals surface area contributed by atoms with Crippen LogP contribution in [0.2, 0.25) is 0 Å². The number of fused-ring (bicyclic) bond motifs is 1. The molecule has 32 heavy (non-hydrogen) atoms. The van der Waals surface area contributed by atoms with Crippen LogP contribution < -0.4 is 4.74 Å². The first-order valence-corrected chi connectivity index (χ1v) is 12.4. The molecular weight excluding hydrogens is 435 g/mol. The molecule has 9 nitrogen and oxygen atoms in total. The minimum absolute atomic E-state index is 0.0284. The second kappa shape index (κ2) is 9.12. The van der Waals surface area contributed by atoms with Crippen LogP contribution in [0.3, 0.4) is 0 Å². The van der Waals surface area contributed by atoms with E-state index in [0.29, 0.717) is 30.7 Å². The molecule has 0 saturated carbocycles. The highest BCUT2D eigenvalue weighted by molar-refractivity contribution is 7.46. The number of amides is 1. The maximum absolute atomic E-state index is 12.8. The van der Waals surface area contributed by atoms with E-state index in [4.69, 9.17) is 23.8 Å². The van der Waals surface area contributed by atoms with Crippen molar-refractivity contribution < 1.29 is 33.1 Å². The van der Waals surface area contributed by atoms with Crippen LogP contribution in [0.25, 0.3) is 0 Å². The molecule has 2 aliphatic rings. The second-order valence-corrected chi connectivity index (χ2v) is 10.0. The van der Waals surface area contributed by atoms with Crippen LogP contribution in [-0.2, 0) is 18.6 Å². The smallest absolute Gasteiger partial charge is 0.469 e. The number of benzene rings is 1. The van der Waals surface area contributed by atoms with Crippen molar-refractivity contribution in [3.63, 3.8) is 0 Å². The molecule has 2 heterocycles. The maximum atomic E-state index is 12.8. The van der Waals surface area contributed by atoms with Gasteiger partial charge in [0.15, 0.2) is 0 Å². The SMILES string of the molecule is CCC1(OCCC(C)OP(=O)(O)O)[C@H](N2CCCC2=O)c2cc(C#N)ccc2OC1(C)C. The Kier molecular flexibility index (Phi) is 7.04. The van der Waals surface area contributed by atoms with E-state index >= 15 is 0 Å². The molecule has 0 bridgehead atoms. The highest BCUT2D eigenvalue weighted by atomic mass is 31.2. The number of hydrogen-bond acceptors (Lipinski definition) is 6. The van der Waals surface area contributed by atoms with Gasteiger partial charge in [0.05, 0.1) is 30.4 Å². The van der Waals surface area contributed by atoms with E-state index in [1.165, 1.54) is 0 Å². The number of rotatable bonds is 8. The molecule has 1 aromatic carbocycles. The fraction of sp³-hybridized carbons (Fsp3) is 0.636. The van der Waals surface area contributed by atoms with Gasteiger partial charge in [-0.2, -0.15) is 5.26 Å². The van der Waals surface area contributed by atoms with Crippen LogP contribution >= 0.6 is 7.82 Å². The third kappa shape index (κ3) is 4.70. The molecule has 1 amide bonds. The van der Waals surface area contributed by atoms with Gasteiger partial charge in [-0.3, -0.25) is 9.32 Å². The average molecular weight is 466 g/mol. The standard InChI is InChI=1S/C22H31N2O7P/c1-5-22(29-12-10-15(2)31-32(26,27)28)20(24-11-6-7-19(24)25)17-13-16(14-23)8-9-18(17)30-21(22,3)4/h8-9,13,15,20H,5-7,10-12H2,1-4H3,(H2,26,27,28)/t15?,20-,22?/m1/s1. The first kappa shape index (κ1) is 24.7. The number of carbonyl (C=O) groups excluding carboxylic acids is 1. The van der Waals surface area contributed by atoms with E-state index in [9.17, 15) is 14.6 Å². The van der Waals surface area contributed by atoms with Gasteiger partial charge in [-0.05, 0) is 58.2 Å². The largest absolute Gasteiger partial charge is 0.484 e. The highest BCUT2D eigenvalue weighted by Crippen LogP contribution is 2.54. The predicted octanol–water partition coefficient (Wildman–Crippen LogP) is 3.45. The molecule has 176 valence electrons. The fourth-order valence-electron chi connectivity index (χ4n) is 4.90. The van der Waals surface area contributed by atoms with Crippen molar-refractivity contribution in [2.24, 2.45) is 0 Å². The third-order valence-electron chi connectivity index (χ3n) is 6.41. The lowest BCUT2D eigenvalue weighted by atomic mass is 9.71. The van der Waals surface area contributed by atoms with Crippen molar-refractivity contribution in [3.8, 4) is 11.8 Å². The van der Waals surface area contributed by atoms with Crippen molar-refractivity contribution in [1.82, 2.24) is 4.90 Å². The summed E-state index contributed by atoms with van der Waals surface area (Å²) >= 11 is 0. The molecule has 0 aromatic heterocycles. The number of nitrogens with zero attached hydrogens (tertiary/aromatic N) is 2. The summed E-state index contributed by atoms with van der Waals surface area (Å²) in [6, 6.07) is 6.90. The molecule has 1 fully saturated rings. The number of hydrogen-bond donors (Lipinski definition) is 2. The molecule has 2 aliphatic heterocycles. The Morgan fingerprint density at radius 1 is 1.41 bits per heavy atom. The summed E-state index contributed by atoms with van der Waals surface area (Å²) in [6.45, 7) is 8.10. The number of ether oxygens (including phenoxy) is 2. The van der Waals surface area contributed by atoms with Crippen molar-refractivity contribution >= 4 is 13.7 Å². The second-order valence-electron chi connectivity index (χ2n) is 8.86. The molecule has 3 rings (SSSR count). The lowest BCUT2D eigenvalue weighted by Gasteiger charge is -2.56. The molecular formula is C22H31N2O7P. The zero-order valence-electron chi connectivity index (χ0n) is 18.9. The lowest BCUT2D eigenvalue weighted by molar-refractivity contribution is -0.210. The Morgan fingerprint density at radius 2 is 2.12 bits per heavy atom. The van der Waals surface area contributed by atoms with Crippen LogP contribution in [0.15, 0.2) is 18.2 Å². The first-order chi connectivity index (χ1) is 14.9. The van der Waals surface area contributed by atoms with Crippen LogP contribution in [0.4, 0.5) is 0 Å². The van der Waals surface area contributed by atoms with E-state index in [0.717, 1.165) is 12.0 Å². The average Bonchev–Trinajstić information content (AvgIpc) is 3.11. The van der Waals surface area contributed by atoms with Gasteiger partial charge in [-0.25, -0.2) is 4.57 Å². The summed E-state index contributed by atoms with van der Waals surface area (Å²) in [5.74, 6) is 0.644. The molecule has 1 aromatic rings. The van der Waals surface area contributed by atoms with Gasteiger partial charge < -0.3 is 24.2 Å². The summed E-state index contributed by atoms with van der Waals surface area (Å²) in [5, 5.41) is 9.45. The van der Waals surface area contributed by atoms with Gasteiger partial charge in [-0.1, -0.05) is 6.92 Å². The number of nitriles is 1. The van der Waals surface area contributed by atoms with Gasteiger partial charge in [-0.15, -0.1) is 0 Å². The van der Waals surface area contributed by atoms with Crippen molar-refractivity contribution in [2.45, 2.75) is 76.7 Å². The minimum Gasteiger partial charge on any atom is -0.484 e. The van der Waals surface area contributed by atoms with E-state index in [1.807, 2.05) is 25.7 Å². The van der Waals surface area contributed by atoms with Crippen LogP contribution in [0, 0.1) is 11.3 Å². The summed E-state index contributed by atoms with van der Waals surface area (Å²) in [5.41, 5.74) is -0.572. The van der Waals surface area contributed by atoms with Crippen molar-refractivity contribution in [3.05, 3.63) is 29.3 Å². The number of phosphoric ester groups is 1. The summed E-state index contributed by atoms with van der Waals surface area (Å²) in [7, 11) is -4.60. The molecule has 2 N–H and O–H groups in total. The normalized spacial score (nSPS) is 25.7. The molecule has 0 spiro atoms. The fourth-order valence-corrected chi connectivity index (χ4v) is 5.47. The Labute approximate surface area is 188 Å². The first-order valence-electron chi connectivity index (χ1n) is 10.8. The van der Waals surface area contributed by atoms with Gasteiger partial charge in [0.2, 0.25) is 5.91 Å². The zero-order chi connectivity index (χ0) is 23.7. The summed E-state index contributed by atoms with van der Waals surface area (Å²) in [4.78, 5) is 32.8. The Bertz CT molecular complexity index is 954. The van der Waals surface area contributed by atoms with Gasteiger partial charge in [0.25, 0.3) is 0 Å². The van der Waals surface area contributed by atoms with Crippen LogP contribution in [0.5, 0.6) is 5.75 Å². The molecule has 0 aliphatic carbocycles. The molecule has 2 unspecified atom stereocenters. The topological polar surface area (TPSA) is 129 Å². The minimum atomic E-state index is -4.60. The Morgan fingerprint density at radius 3 is 2.69 bits per heavy atom. The monoisotopic (exact) mass is 466 g/mol. The number of carbonyl (C=O) groups is 1. The summed E-state index contributed by atoms with van der Waals surface area (Å²) in [6.07, 6.45) is 1.24. The van der Waals surface area contributed by atoms with Crippen molar-refractivity contribution in [1.29, 1.82) is 5.26 Å². The van der Waals surface area contributed by atoms with Crippen molar-refractivity contribution in [2.75, 3.05) is 13.2 Å². The zero-order valence-corrected chi connectivity index (χ0v) is 19.8. The van der Waals surface area contributed by atoms with Crippen LogP contribution in [0.1, 0.15) is 70.5 Å². The predicted molar refractivity (Wildman–Crippen MR) is 116 cm³/mol. The molecule has 3 atom stereocenters.